The van der Waals surface area contributed by atoms with E-state index in [0.717, 1.165) is 36.8 Å². The standard InChI is InChI=1S/C29H35FN4O4/c30-25-12-11-21(18-26-22-9-4-5-10-23(22)27(35)32-31-26)17-24(25)28(36)33-13-6-14-34(16-15-33)29(37)38-19-20-7-2-1-3-8-20/h1-3,7-8,11-12,17,22-23,26,31H,4-6,9-10,13-16,18-19H2,(H,32,35). The van der Waals surface area contributed by atoms with Crippen LogP contribution in [-0.2, 0) is 22.6 Å². The van der Waals surface area contributed by atoms with Crippen molar-refractivity contribution in [3.8, 4) is 0 Å². The van der Waals surface area contributed by atoms with Crippen LogP contribution in [0.2, 0.25) is 0 Å². The number of hydrazine groups is 1. The van der Waals surface area contributed by atoms with Crippen molar-refractivity contribution in [2.45, 2.75) is 51.2 Å². The molecule has 0 radical (unpaired) electrons. The Balaban J connectivity index is 1.20. The normalized spacial score (nSPS) is 23.7. The lowest BCUT2D eigenvalue weighted by Crippen LogP contribution is -2.60. The van der Waals surface area contributed by atoms with Crippen molar-refractivity contribution < 1.29 is 23.5 Å². The highest BCUT2D eigenvalue weighted by atomic mass is 19.1. The van der Waals surface area contributed by atoms with Crippen LogP contribution >= 0.6 is 0 Å². The van der Waals surface area contributed by atoms with Gasteiger partial charge < -0.3 is 14.5 Å². The van der Waals surface area contributed by atoms with Gasteiger partial charge in [0.1, 0.15) is 12.4 Å². The molecule has 202 valence electrons. The van der Waals surface area contributed by atoms with E-state index in [4.69, 9.17) is 4.74 Å². The van der Waals surface area contributed by atoms with E-state index in [0.29, 0.717) is 39.0 Å². The molecule has 2 aromatic carbocycles. The maximum atomic E-state index is 14.8. The zero-order chi connectivity index (χ0) is 26.5. The number of hydrogen-bond acceptors (Lipinski definition) is 5. The van der Waals surface area contributed by atoms with E-state index in [1.165, 1.54) is 6.07 Å². The molecule has 8 nitrogen and oxygen atoms in total. The van der Waals surface area contributed by atoms with Crippen LogP contribution in [0.4, 0.5) is 9.18 Å². The van der Waals surface area contributed by atoms with Crippen molar-refractivity contribution in [3.63, 3.8) is 0 Å². The fourth-order valence-electron chi connectivity index (χ4n) is 5.93. The molecule has 0 spiro atoms. The third-order valence-electron chi connectivity index (χ3n) is 8.02. The first-order chi connectivity index (χ1) is 18.5. The van der Waals surface area contributed by atoms with Gasteiger partial charge in [0.15, 0.2) is 0 Å². The summed E-state index contributed by atoms with van der Waals surface area (Å²) in [6.07, 6.45) is 4.82. The molecule has 0 aromatic heterocycles. The minimum Gasteiger partial charge on any atom is -0.445 e. The summed E-state index contributed by atoms with van der Waals surface area (Å²) in [6.45, 7) is 1.74. The Hall–Kier alpha value is -3.46. The van der Waals surface area contributed by atoms with Crippen molar-refractivity contribution >= 4 is 17.9 Å². The van der Waals surface area contributed by atoms with Crippen LogP contribution in [0.5, 0.6) is 0 Å². The van der Waals surface area contributed by atoms with Gasteiger partial charge in [0, 0.05) is 38.1 Å². The lowest BCUT2D eigenvalue weighted by Gasteiger charge is -2.41. The fraction of sp³-hybridized carbons (Fsp3) is 0.483. The Kier molecular flexibility index (Phi) is 8.22. The van der Waals surface area contributed by atoms with Crippen LogP contribution in [0.1, 0.15) is 53.6 Å². The van der Waals surface area contributed by atoms with E-state index >= 15 is 0 Å². The second kappa shape index (κ2) is 11.9. The number of fused-ring (bicyclic) bond motifs is 1. The summed E-state index contributed by atoms with van der Waals surface area (Å²) in [5.41, 5.74) is 7.77. The van der Waals surface area contributed by atoms with E-state index in [1.54, 1.807) is 21.9 Å². The molecule has 2 saturated heterocycles. The monoisotopic (exact) mass is 522 g/mol. The highest BCUT2D eigenvalue weighted by Crippen LogP contribution is 2.35. The number of nitrogens with one attached hydrogen (secondary N) is 2. The zero-order valence-electron chi connectivity index (χ0n) is 21.5. The van der Waals surface area contributed by atoms with Gasteiger partial charge in [-0.2, -0.15) is 0 Å². The average molecular weight is 523 g/mol. The molecule has 3 unspecified atom stereocenters. The molecule has 9 heteroatoms. The molecule has 2 aromatic rings. The molecule has 3 atom stereocenters. The molecule has 0 bridgehead atoms. The SMILES string of the molecule is O=C1NNC(Cc2ccc(F)c(C(=O)N3CCCN(C(=O)OCc4ccccc4)CC3)c2)C2CCCCC12. The lowest BCUT2D eigenvalue weighted by atomic mass is 9.72. The quantitative estimate of drug-likeness (QED) is 0.626. The van der Waals surface area contributed by atoms with Crippen molar-refractivity contribution in [1.29, 1.82) is 0 Å². The minimum atomic E-state index is -0.553. The van der Waals surface area contributed by atoms with Gasteiger partial charge in [0.2, 0.25) is 5.91 Å². The van der Waals surface area contributed by atoms with E-state index in [9.17, 15) is 18.8 Å². The number of amides is 3. The number of ether oxygens (including phenoxy) is 1. The molecule has 1 aliphatic carbocycles. The van der Waals surface area contributed by atoms with Gasteiger partial charge in [0.05, 0.1) is 5.56 Å². The van der Waals surface area contributed by atoms with Gasteiger partial charge in [-0.3, -0.25) is 15.0 Å². The summed E-state index contributed by atoms with van der Waals surface area (Å²) in [7, 11) is 0. The summed E-state index contributed by atoms with van der Waals surface area (Å²) in [5.74, 6) is -0.622. The predicted octanol–water partition coefficient (Wildman–Crippen LogP) is 3.66. The molecule has 3 fully saturated rings. The zero-order valence-corrected chi connectivity index (χ0v) is 21.5. The molecule has 5 rings (SSSR count). The van der Waals surface area contributed by atoms with Crippen molar-refractivity contribution in [3.05, 3.63) is 71.0 Å². The maximum Gasteiger partial charge on any atom is 0.410 e. The average Bonchev–Trinajstić information content (AvgIpc) is 3.21. The summed E-state index contributed by atoms with van der Waals surface area (Å²) in [6, 6.07) is 14.2. The summed E-state index contributed by atoms with van der Waals surface area (Å²) in [5, 5.41) is 0. The molecule has 1 saturated carbocycles. The number of halogens is 1. The fourth-order valence-corrected chi connectivity index (χ4v) is 5.93. The van der Waals surface area contributed by atoms with E-state index in [1.807, 2.05) is 30.3 Å². The van der Waals surface area contributed by atoms with Crippen LogP contribution in [0, 0.1) is 17.7 Å². The summed E-state index contributed by atoms with van der Waals surface area (Å²) >= 11 is 0. The predicted molar refractivity (Wildman–Crippen MR) is 139 cm³/mol. The van der Waals surface area contributed by atoms with Gasteiger partial charge in [-0.15, -0.1) is 0 Å². The number of carbonyl (C=O) groups excluding carboxylic acids is 3. The molecule has 2 aliphatic heterocycles. The smallest absolute Gasteiger partial charge is 0.410 e. The number of carbonyl (C=O) groups is 3. The summed E-state index contributed by atoms with van der Waals surface area (Å²) in [4.78, 5) is 41.4. The molecule has 3 aliphatic rings. The second-order valence-electron chi connectivity index (χ2n) is 10.5. The largest absolute Gasteiger partial charge is 0.445 e. The van der Waals surface area contributed by atoms with Crippen LogP contribution in [0.3, 0.4) is 0 Å². The van der Waals surface area contributed by atoms with Crippen molar-refractivity contribution in [1.82, 2.24) is 20.7 Å². The highest BCUT2D eigenvalue weighted by Gasteiger charge is 2.40. The van der Waals surface area contributed by atoms with Gasteiger partial charge in [-0.1, -0.05) is 49.2 Å². The van der Waals surface area contributed by atoms with Crippen LogP contribution in [0.15, 0.2) is 48.5 Å². The van der Waals surface area contributed by atoms with Crippen LogP contribution < -0.4 is 10.9 Å². The van der Waals surface area contributed by atoms with Gasteiger partial charge in [-0.05, 0) is 54.9 Å². The van der Waals surface area contributed by atoms with Crippen molar-refractivity contribution in [2.24, 2.45) is 11.8 Å². The Labute approximate surface area is 222 Å². The topological polar surface area (TPSA) is 91.0 Å². The highest BCUT2D eigenvalue weighted by molar-refractivity contribution is 5.94. The molecule has 2 heterocycles. The van der Waals surface area contributed by atoms with Gasteiger partial charge in [0.25, 0.3) is 5.91 Å². The van der Waals surface area contributed by atoms with E-state index < -0.39 is 11.9 Å². The molecular weight excluding hydrogens is 487 g/mol. The van der Waals surface area contributed by atoms with Crippen LogP contribution in [-0.4, -0.2) is 59.9 Å². The first kappa shape index (κ1) is 26.2. The Bertz CT molecular complexity index is 1160. The third kappa shape index (κ3) is 5.99. The minimum absolute atomic E-state index is 0.0102. The Morgan fingerprint density at radius 1 is 0.921 bits per heavy atom. The number of benzene rings is 2. The third-order valence-corrected chi connectivity index (χ3v) is 8.02. The first-order valence-corrected chi connectivity index (χ1v) is 13.6. The van der Waals surface area contributed by atoms with E-state index in [-0.39, 0.29) is 41.9 Å². The lowest BCUT2D eigenvalue weighted by molar-refractivity contribution is -0.133. The van der Waals surface area contributed by atoms with Crippen molar-refractivity contribution in [2.75, 3.05) is 26.2 Å². The second-order valence-corrected chi connectivity index (χ2v) is 10.5. The van der Waals surface area contributed by atoms with E-state index in [2.05, 4.69) is 10.9 Å². The molecule has 3 amide bonds. The first-order valence-electron chi connectivity index (χ1n) is 13.6. The number of nitrogens with zero attached hydrogens (tertiary/aromatic N) is 2. The number of rotatable bonds is 5. The van der Waals surface area contributed by atoms with Crippen LogP contribution in [0.25, 0.3) is 0 Å². The van der Waals surface area contributed by atoms with Gasteiger partial charge in [-0.25, -0.2) is 14.6 Å². The molecular formula is C29H35FN4O4. The maximum absolute atomic E-state index is 14.8. The molecule has 2 N–H and O–H groups in total. The Morgan fingerprint density at radius 2 is 1.68 bits per heavy atom. The Morgan fingerprint density at radius 3 is 2.53 bits per heavy atom. The summed E-state index contributed by atoms with van der Waals surface area (Å²) < 4.78 is 20.3. The van der Waals surface area contributed by atoms with Gasteiger partial charge >= 0.3 is 6.09 Å². The number of hydrogen-bond donors (Lipinski definition) is 2. The molecule has 38 heavy (non-hydrogen) atoms.